The zero-order valence-corrected chi connectivity index (χ0v) is 28.6. The highest BCUT2D eigenvalue weighted by Crippen LogP contribution is 2.42. The number of amides is 3. The van der Waals surface area contributed by atoms with Crippen LogP contribution in [0.2, 0.25) is 0 Å². The second-order valence-corrected chi connectivity index (χ2v) is 14.4. The van der Waals surface area contributed by atoms with E-state index in [0.29, 0.717) is 49.9 Å². The Balaban J connectivity index is 2.22. The molecule has 1 aliphatic heterocycles. The maximum Gasteiger partial charge on any atom is 0.425 e. The van der Waals surface area contributed by atoms with Gasteiger partial charge in [0, 0.05) is 25.9 Å². The van der Waals surface area contributed by atoms with E-state index in [2.05, 4.69) is 4.98 Å². The molecular weight excluding hydrogens is 582 g/mol. The number of ether oxygens (including phenoxy) is 4. The summed E-state index contributed by atoms with van der Waals surface area (Å²) in [5, 5.41) is 15.5. The number of aliphatic hydroxyl groups excluding tert-OH is 1. The first-order valence-electron chi connectivity index (χ1n) is 15.7. The maximum atomic E-state index is 13.7. The van der Waals surface area contributed by atoms with E-state index < -0.39 is 40.6 Å². The molecule has 0 aliphatic carbocycles. The minimum atomic E-state index is -0.970. The molecule has 13 heteroatoms. The van der Waals surface area contributed by atoms with Crippen molar-refractivity contribution in [2.24, 2.45) is 0 Å². The van der Waals surface area contributed by atoms with E-state index in [-0.39, 0.29) is 18.3 Å². The number of unbranched alkanes of at least 4 members (excludes halogenated alkanes) is 1. The van der Waals surface area contributed by atoms with Crippen LogP contribution in [-0.2, 0) is 19.7 Å². The lowest BCUT2D eigenvalue weighted by molar-refractivity contribution is 0.00740. The van der Waals surface area contributed by atoms with Gasteiger partial charge < -0.3 is 29.0 Å². The van der Waals surface area contributed by atoms with Crippen LogP contribution in [0.5, 0.6) is 5.88 Å². The van der Waals surface area contributed by atoms with Gasteiger partial charge in [0.1, 0.15) is 22.2 Å². The minimum Gasteiger partial charge on any atom is -0.477 e. The molecule has 3 heterocycles. The molecule has 3 amide bonds. The third-order valence-corrected chi connectivity index (χ3v) is 7.01. The van der Waals surface area contributed by atoms with E-state index >= 15 is 0 Å². The van der Waals surface area contributed by atoms with Crippen molar-refractivity contribution >= 4 is 35.0 Å². The zero-order valence-electron chi connectivity index (χ0n) is 28.6. The van der Waals surface area contributed by atoms with Crippen molar-refractivity contribution < 1.29 is 38.4 Å². The van der Waals surface area contributed by atoms with E-state index in [1.54, 1.807) is 63.4 Å². The number of hydrogen-bond acceptors (Lipinski definition) is 10. The molecule has 0 unspecified atom stereocenters. The highest BCUT2D eigenvalue weighted by molar-refractivity contribution is 6.14. The fourth-order valence-corrected chi connectivity index (χ4v) is 5.03. The zero-order chi connectivity index (χ0) is 33.8. The lowest BCUT2D eigenvalue weighted by Crippen LogP contribution is -2.50. The molecule has 2 aromatic heterocycles. The van der Waals surface area contributed by atoms with Gasteiger partial charge in [0.2, 0.25) is 5.88 Å². The molecule has 1 aliphatic rings. The fourth-order valence-electron chi connectivity index (χ4n) is 5.03. The molecule has 0 bridgehead atoms. The number of aromatic nitrogens is 3. The average molecular weight is 634 g/mol. The van der Waals surface area contributed by atoms with E-state index in [1.807, 2.05) is 27.7 Å². The molecule has 0 radical (unpaired) electrons. The third-order valence-electron chi connectivity index (χ3n) is 7.01. The normalized spacial score (nSPS) is 15.5. The van der Waals surface area contributed by atoms with Crippen molar-refractivity contribution in [3.63, 3.8) is 0 Å². The highest BCUT2D eigenvalue weighted by atomic mass is 16.6. The van der Waals surface area contributed by atoms with Crippen LogP contribution in [0.15, 0.2) is 12.3 Å². The van der Waals surface area contributed by atoms with E-state index in [9.17, 15) is 19.5 Å². The van der Waals surface area contributed by atoms with Gasteiger partial charge in [-0.25, -0.2) is 19.4 Å². The van der Waals surface area contributed by atoms with Crippen LogP contribution in [-0.4, -0.2) is 86.2 Å². The number of nitrogens with zero attached hydrogens (tertiary/aromatic N) is 5. The smallest absolute Gasteiger partial charge is 0.425 e. The molecule has 252 valence electrons. The van der Waals surface area contributed by atoms with Gasteiger partial charge in [0.25, 0.3) is 0 Å². The third kappa shape index (κ3) is 9.21. The quantitative estimate of drug-likeness (QED) is 0.256. The molecule has 45 heavy (non-hydrogen) atoms. The summed E-state index contributed by atoms with van der Waals surface area (Å²) in [6, 6.07) is 1.74. The van der Waals surface area contributed by atoms with Crippen LogP contribution >= 0.6 is 0 Å². The highest BCUT2D eigenvalue weighted by Gasteiger charge is 2.43. The van der Waals surface area contributed by atoms with Crippen LogP contribution in [0.1, 0.15) is 101 Å². The molecule has 1 saturated heterocycles. The summed E-state index contributed by atoms with van der Waals surface area (Å²) >= 11 is 0. The number of likely N-dealkylation sites (tertiary alicyclic amines) is 1. The Morgan fingerprint density at radius 2 is 1.49 bits per heavy atom. The van der Waals surface area contributed by atoms with Crippen molar-refractivity contribution in [3.8, 4) is 5.88 Å². The van der Waals surface area contributed by atoms with Gasteiger partial charge in [0.15, 0.2) is 5.82 Å². The van der Waals surface area contributed by atoms with Gasteiger partial charge in [-0.1, -0.05) is 13.3 Å². The maximum absolute atomic E-state index is 13.7. The summed E-state index contributed by atoms with van der Waals surface area (Å²) in [6.07, 6.45) is 2.04. The number of carbonyl (C=O) groups excluding carboxylic acids is 3. The molecule has 0 aromatic carbocycles. The molecule has 1 N–H and O–H groups in total. The molecule has 13 nitrogen and oxygen atoms in total. The van der Waals surface area contributed by atoms with Crippen LogP contribution in [0.25, 0.3) is 10.9 Å². The second kappa shape index (κ2) is 13.8. The van der Waals surface area contributed by atoms with Gasteiger partial charge in [-0.3, -0.25) is 4.68 Å². The SMILES string of the molecule is CCCCOc1nccc2c1c(N(C(=O)OC(C)(C)C)C(=O)OC(C)(C)C)nn2C1(CCO)CCN(C(=O)OC(C)(C)C)CC1. The number of carbonyl (C=O) groups is 3. The first kappa shape index (κ1) is 35.9. The molecular formula is C32H51N5O8. The largest absolute Gasteiger partial charge is 0.477 e. The Morgan fingerprint density at radius 3 is 1.98 bits per heavy atom. The van der Waals surface area contributed by atoms with Crippen LogP contribution in [0.3, 0.4) is 0 Å². The summed E-state index contributed by atoms with van der Waals surface area (Å²) in [4.78, 5) is 47.2. The van der Waals surface area contributed by atoms with Crippen molar-refractivity contribution in [2.45, 2.75) is 124 Å². The lowest BCUT2D eigenvalue weighted by Gasteiger charge is -2.42. The Bertz CT molecular complexity index is 1320. The first-order valence-corrected chi connectivity index (χ1v) is 15.7. The lowest BCUT2D eigenvalue weighted by atomic mass is 9.84. The first-order chi connectivity index (χ1) is 20.8. The molecule has 0 atom stereocenters. The summed E-state index contributed by atoms with van der Waals surface area (Å²) < 4.78 is 24.7. The van der Waals surface area contributed by atoms with E-state index in [4.69, 9.17) is 24.0 Å². The second-order valence-electron chi connectivity index (χ2n) is 14.4. The standard InChI is InChI=1S/C32H51N5O8/c1-11-12-21-42-25-23-22(13-17-33-25)37(32(16-20-38)14-18-35(19-15-32)26(39)43-29(2,3)4)34-24(23)36(27(40)44-30(5,6)7)28(41)45-31(8,9)10/h13,17,38H,11-12,14-16,18-21H2,1-10H3. The number of hydrogen-bond donors (Lipinski definition) is 1. The minimum absolute atomic E-state index is 0.0556. The number of aliphatic hydroxyl groups is 1. The number of rotatable bonds is 8. The van der Waals surface area contributed by atoms with Crippen molar-refractivity contribution in [1.29, 1.82) is 0 Å². The predicted molar refractivity (Wildman–Crippen MR) is 170 cm³/mol. The van der Waals surface area contributed by atoms with E-state index in [1.165, 1.54) is 0 Å². The van der Waals surface area contributed by atoms with E-state index in [0.717, 1.165) is 17.7 Å². The summed E-state index contributed by atoms with van der Waals surface area (Å²) in [6.45, 7) is 18.6. The molecule has 2 aromatic rings. The van der Waals surface area contributed by atoms with Crippen LogP contribution < -0.4 is 9.64 Å². The molecule has 0 saturated carbocycles. The number of piperidine rings is 1. The van der Waals surface area contributed by atoms with Gasteiger partial charge >= 0.3 is 18.3 Å². The van der Waals surface area contributed by atoms with Gasteiger partial charge in [-0.2, -0.15) is 10.00 Å². The Labute approximate surface area is 266 Å². The molecule has 0 spiro atoms. The monoisotopic (exact) mass is 633 g/mol. The van der Waals surface area contributed by atoms with Gasteiger partial charge in [0.05, 0.1) is 17.7 Å². The van der Waals surface area contributed by atoms with Crippen molar-refractivity contribution in [3.05, 3.63) is 12.3 Å². The number of anilines is 1. The van der Waals surface area contributed by atoms with Crippen molar-refractivity contribution in [2.75, 3.05) is 31.2 Å². The predicted octanol–water partition coefficient (Wildman–Crippen LogP) is 6.40. The number of fused-ring (bicyclic) bond motifs is 1. The number of imide groups is 1. The van der Waals surface area contributed by atoms with Gasteiger partial charge in [-0.15, -0.1) is 0 Å². The van der Waals surface area contributed by atoms with Crippen LogP contribution in [0.4, 0.5) is 20.2 Å². The van der Waals surface area contributed by atoms with Crippen molar-refractivity contribution in [1.82, 2.24) is 19.7 Å². The number of pyridine rings is 1. The Kier molecular flexibility index (Phi) is 11.0. The Morgan fingerprint density at radius 1 is 0.933 bits per heavy atom. The average Bonchev–Trinajstić information content (AvgIpc) is 3.27. The summed E-state index contributed by atoms with van der Waals surface area (Å²) in [5.74, 6) is 0.143. The molecule has 1 fully saturated rings. The van der Waals surface area contributed by atoms with Crippen LogP contribution in [0, 0.1) is 0 Å². The molecule has 3 rings (SSSR count). The topological polar surface area (TPSA) is 146 Å². The Hall–Kier alpha value is -3.61. The fraction of sp³-hybridized carbons (Fsp3) is 0.719. The summed E-state index contributed by atoms with van der Waals surface area (Å²) in [7, 11) is 0. The summed E-state index contributed by atoms with van der Waals surface area (Å²) in [5.41, 5.74) is -2.73. The van der Waals surface area contributed by atoms with Gasteiger partial charge in [-0.05, 0) is 94.1 Å².